The molecule has 0 heterocycles. The Morgan fingerprint density at radius 3 is 2.23 bits per heavy atom. The van der Waals surface area contributed by atoms with Gasteiger partial charge in [0.1, 0.15) is 11.3 Å². The van der Waals surface area contributed by atoms with Crippen LogP contribution in [0.1, 0.15) is 47.8 Å². The van der Waals surface area contributed by atoms with Crippen molar-refractivity contribution >= 4 is 17.5 Å². The molecule has 0 spiro atoms. The zero-order valence-electron chi connectivity index (χ0n) is 14.6. The molecule has 0 bridgehead atoms. The van der Waals surface area contributed by atoms with E-state index in [0.717, 1.165) is 0 Å². The molecule has 0 fully saturated rings. The van der Waals surface area contributed by atoms with E-state index in [-0.39, 0.29) is 50.6 Å². The lowest BCUT2D eigenvalue weighted by molar-refractivity contribution is 0.0595. The highest BCUT2D eigenvalue weighted by atomic mass is 16.5. The standard InChI is InChI=1S/C19H16O7/c1-8-13-10(7-12(24-2)14(8)19(23)26-4)16(21)9-5-6-11(20)18(25-3)15(9)17(13)22/h5-7,20H,1-4H3. The first kappa shape index (κ1) is 17.5. The summed E-state index contributed by atoms with van der Waals surface area (Å²) in [5.41, 5.74) is 0.599. The maximum Gasteiger partial charge on any atom is 0.341 e. The molecule has 0 saturated heterocycles. The Morgan fingerprint density at radius 1 is 0.962 bits per heavy atom. The summed E-state index contributed by atoms with van der Waals surface area (Å²) in [4.78, 5) is 38.2. The van der Waals surface area contributed by atoms with Crippen molar-refractivity contribution in [3.05, 3.63) is 51.6 Å². The predicted octanol–water partition coefficient (Wildman–Crippen LogP) is 2.28. The van der Waals surface area contributed by atoms with Gasteiger partial charge in [-0.3, -0.25) is 9.59 Å². The van der Waals surface area contributed by atoms with Crippen LogP contribution >= 0.6 is 0 Å². The van der Waals surface area contributed by atoms with Crippen molar-refractivity contribution in [2.75, 3.05) is 21.3 Å². The Morgan fingerprint density at radius 2 is 1.65 bits per heavy atom. The van der Waals surface area contributed by atoms with Crippen LogP contribution in [0.4, 0.5) is 0 Å². The first-order valence-corrected chi connectivity index (χ1v) is 7.66. The minimum absolute atomic E-state index is 0.0333. The van der Waals surface area contributed by atoms with Gasteiger partial charge in [-0.05, 0) is 30.7 Å². The SMILES string of the molecule is COC(=O)c1c(OC)cc2c(c1C)C(=O)c1c(ccc(O)c1OC)C2=O. The zero-order valence-corrected chi connectivity index (χ0v) is 14.6. The van der Waals surface area contributed by atoms with Gasteiger partial charge in [-0.1, -0.05) is 0 Å². The second-order valence-electron chi connectivity index (χ2n) is 5.69. The molecule has 0 aliphatic heterocycles. The van der Waals surface area contributed by atoms with Gasteiger partial charge in [0.05, 0.1) is 26.9 Å². The summed E-state index contributed by atoms with van der Waals surface area (Å²) in [7, 11) is 3.87. The molecule has 134 valence electrons. The summed E-state index contributed by atoms with van der Waals surface area (Å²) in [6.07, 6.45) is 0. The van der Waals surface area contributed by atoms with Gasteiger partial charge in [-0.2, -0.15) is 0 Å². The predicted molar refractivity (Wildman–Crippen MR) is 90.6 cm³/mol. The molecule has 1 aliphatic carbocycles. The largest absolute Gasteiger partial charge is 0.504 e. The van der Waals surface area contributed by atoms with Crippen LogP contribution in [0.25, 0.3) is 0 Å². The lowest BCUT2D eigenvalue weighted by atomic mass is 9.80. The molecule has 7 heteroatoms. The molecule has 1 aliphatic rings. The smallest absolute Gasteiger partial charge is 0.341 e. The van der Waals surface area contributed by atoms with Crippen LogP contribution in [0.15, 0.2) is 18.2 Å². The summed E-state index contributed by atoms with van der Waals surface area (Å²) in [6.45, 7) is 1.54. The number of rotatable bonds is 3. The summed E-state index contributed by atoms with van der Waals surface area (Å²) in [6, 6.07) is 4.02. The molecular formula is C19H16O7. The second kappa shape index (κ2) is 6.18. The van der Waals surface area contributed by atoms with Gasteiger partial charge in [0.25, 0.3) is 0 Å². The van der Waals surface area contributed by atoms with E-state index in [9.17, 15) is 19.5 Å². The number of fused-ring (bicyclic) bond motifs is 2. The van der Waals surface area contributed by atoms with Crippen molar-refractivity contribution < 1.29 is 33.7 Å². The highest BCUT2D eigenvalue weighted by molar-refractivity contribution is 6.30. The first-order chi connectivity index (χ1) is 12.4. The molecule has 2 aromatic carbocycles. The van der Waals surface area contributed by atoms with E-state index < -0.39 is 17.5 Å². The fourth-order valence-electron chi connectivity index (χ4n) is 3.24. The van der Waals surface area contributed by atoms with Gasteiger partial charge in [0.15, 0.2) is 23.1 Å². The molecule has 0 saturated carbocycles. The number of benzene rings is 2. The Kier molecular flexibility index (Phi) is 4.15. The number of phenolic OH excluding ortho intramolecular Hbond substituents is 1. The van der Waals surface area contributed by atoms with E-state index in [1.165, 1.54) is 39.5 Å². The summed E-state index contributed by atoms with van der Waals surface area (Å²) < 4.78 is 15.1. The van der Waals surface area contributed by atoms with E-state index in [0.29, 0.717) is 0 Å². The summed E-state index contributed by atoms with van der Waals surface area (Å²) in [5, 5.41) is 9.97. The molecule has 0 aromatic heterocycles. The number of carbonyl (C=O) groups is 3. The van der Waals surface area contributed by atoms with Gasteiger partial charge >= 0.3 is 5.97 Å². The molecule has 2 aromatic rings. The third-order valence-corrected chi connectivity index (χ3v) is 4.44. The zero-order chi connectivity index (χ0) is 19.2. The van der Waals surface area contributed by atoms with Gasteiger partial charge in [0, 0.05) is 16.7 Å². The van der Waals surface area contributed by atoms with Gasteiger partial charge in [-0.15, -0.1) is 0 Å². The maximum atomic E-state index is 13.1. The fourth-order valence-corrected chi connectivity index (χ4v) is 3.24. The van der Waals surface area contributed by atoms with Crippen molar-refractivity contribution in [1.29, 1.82) is 0 Å². The lowest BCUT2D eigenvalue weighted by Crippen LogP contribution is -2.24. The molecule has 0 radical (unpaired) electrons. The highest BCUT2D eigenvalue weighted by Crippen LogP contribution is 2.41. The Labute approximate surface area is 149 Å². The number of phenols is 1. The monoisotopic (exact) mass is 356 g/mol. The number of methoxy groups -OCH3 is 3. The molecular weight excluding hydrogens is 340 g/mol. The highest BCUT2D eigenvalue weighted by Gasteiger charge is 2.37. The quantitative estimate of drug-likeness (QED) is 0.719. The maximum absolute atomic E-state index is 13.1. The Bertz CT molecular complexity index is 973. The third-order valence-electron chi connectivity index (χ3n) is 4.44. The fraction of sp³-hybridized carbons (Fsp3) is 0.211. The molecule has 0 atom stereocenters. The van der Waals surface area contributed by atoms with Gasteiger partial charge < -0.3 is 19.3 Å². The average molecular weight is 356 g/mol. The number of aromatic hydroxyl groups is 1. The van der Waals surface area contributed by atoms with Crippen molar-refractivity contribution in [3.8, 4) is 17.2 Å². The topological polar surface area (TPSA) is 99.1 Å². The van der Waals surface area contributed by atoms with Crippen LogP contribution in [0.3, 0.4) is 0 Å². The number of ether oxygens (including phenoxy) is 3. The lowest BCUT2D eigenvalue weighted by Gasteiger charge is -2.23. The van der Waals surface area contributed by atoms with Crippen molar-refractivity contribution in [2.45, 2.75) is 6.92 Å². The van der Waals surface area contributed by atoms with Crippen LogP contribution < -0.4 is 9.47 Å². The normalized spacial score (nSPS) is 12.3. The van der Waals surface area contributed by atoms with Crippen LogP contribution in [0, 0.1) is 6.92 Å². The minimum Gasteiger partial charge on any atom is -0.504 e. The number of carbonyl (C=O) groups excluding carboxylic acids is 3. The number of esters is 1. The molecule has 0 amide bonds. The summed E-state index contributed by atoms with van der Waals surface area (Å²) >= 11 is 0. The van der Waals surface area contributed by atoms with E-state index in [4.69, 9.17) is 14.2 Å². The third kappa shape index (κ3) is 2.24. The Balaban J connectivity index is 2.39. The van der Waals surface area contributed by atoms with Crippen molar-refractivity contribution in [2.24, 2.45) is 0 Å². The van der Waals surface area contributed by atoms with Crippen molar-refractivity contribution in [1.82, 2.24) is 0 Å². The van der Waals surface area contributed by atoms with Crippen molar-refractivity contribution in [3.63, 3.8) is 0 Å². The van der Waals surface area contributed by atoms with E-state index in [1.54, 1.807) is 6.92 Å². The van der Waals surface area contributed by atoms with Gasteiger partial charge in [-0.25, -0.2) is 4.79 Å². The number of hydrogen-bond donors (Lipinski definition) is 1. The van der Waals surface area contributed by atoms with Crippen LogP contribution in [0.2, 0.25) is 0 Å². The average Bonchev–Trinajstić information content (AvgIpc) is 2.64. The second-order valence-corrected chi connectivity index (χ2v) is 5.69. The molecule has 1 N–H and O–H groups in total. The number of ketones is 2. The molecule has 7 nitrogen and oxygen atoms in total. The van der Waals surface area contributed by atoms with Crippen LogP contribution in [-0.4, -0.2) is 44.0 Å². The molecule has 0 unspecified atom stereocenters. The molecule has 3 rings (SSSR count). The number of hydrogen-bond acceptors (Lipinski definition) is 7. The van der Waals surface area contributed by atoms with Gasteiger partial charge in [0.2, 0.25) is 0 Å². The van der Waals surface area contributed by atoms with E-state index >= 15 is 0 Å². The summed E-state index contributed by atoms with van der Waals surface area (Å²) in [5.74, 6) is -1.82. The first-order valence-electron chi connectivity index (χ1n) is 7.66. The minimum atomic E-state index is -0.684. The Hall–Kier alpha value is -3.35. The van der Waals surface area contributed by atoms with E-state index in [2.05, 4.69) is 0 Å². The van der Waals surface area contributed by atoms with Crippen LogP contribution in [0.5, 0.6) is 17.2 Å². The molecule has 26 heavy (non-hydrogen) atoms. The van der Waals surface area contributed by atoms with Crippen LogP contribution in [-0.2, 0) is 4.74 Å². The van der Waals surface area contributed by atoms with E-state index in [1.807, 2.05) is 0 Å².